The van der Waals surface area contributed by atoms with E-state index in [1.54, 1.807) is 0 Å². The number of nitrogens with one attached hydrogen (secondary N) is 1. The summed E-state index contributed by atoms with van der Waals surface area (Å²) in [6.07, 6.45) is 0.491. The Bertz CT molecular complexity index is 534. The van der Waals surface area contributed by atoms with E-state index >= 15 is 0 Å². The molecular formula is C13H15ClN2O. The van der Waals surface area contributed by atoms with Gasteiger partial charge in [0.1, 0.15) is 16.7 Å². The molecule has 0 atom stereocenters. The summed E-state index contributed by atoms with van der Waals surface area (Å²) < 4.78 is 0. The van der Waals surface area contributed by atoms with Crippen molar-refractivity contribution in [3.63, 3.8) is 0 Å². The Morgan fingerprint density at radius 2 is 2.12 bits per heavy atom. The van der Waals surface area contributed by atoms with Gasteiger partial charge in [0.25, 0.3) is 0 Å². The Kier molecular flexibility index (Phi) is 3.50. The van der Waals surface area contributed by atoms with Crippen molar-refractivity contribution in [2.24, 2.45) is 0 Å². The predicted octanol–water partition coefficient (Wildman–Crippen LogP) is 2.88. The van der Waals surface area contributed by atoms with Crippen molar-refractivity contribution in [3.05, 3.63) is 40.3 Å². The van der Waals surface area contributed by atoms with Crippen LogP contribution in [-0.4, -0.2) is 21.7 Å². The van der Waals surface area contributed by atoms with Crippen LogP contribution < -0.4 is 0 Å². The number of hydrogen-bond acceptors (Lipinski definition) is 2. The molecule has 0 amide bonds. The summed E-state index contributed by atoms with van der Waals surface area (Å²) in [5.41, 5.74) is 4.11. The molecule has 0 aliphatic heterocycles. The minimum absolute atomic E-state index is 0.0656. The minimum atomic E-state index is 0.0656. The van der Waals surface area contributed by atoms with Gasteiger partial charge in [-0.05, 0) is 25.5 Å². The molecule has 0 unspecified atom stereocenters. The topological polar surface area (TPSA) is 48.9 Å². The first kappa shape index (κ1) is 12.1. The van der Waals surface area contributed by atoms with Gasteiger partial charge in [-0.1, -0.05) is 29.3 Å². The van der Waals surface area contributed by atoms with Gasteiger partial charge in [-0.2, -0.15) is 0 Å². The third-order valence-corrected chi connectivity index (χ3v) is 2.98. The van der Waals surface area contributed by atoms with Gasteiger partial charge < -0.3 is 10.1 Å². The fourth-order valence-electron chi connectivity index (χ4n) is 1.79. The van der Waals surface area contributed by atoms with Gasteiger partial charge in [-0.3, -0.25) is 0 Å². The van der Waals surface area contributed by atoms with Gasteiger partial charge in [0.15, 0.2) is 0 Å². The second-order valence-electron chi connectivity index (χ2n) is 4.14. The van der Waals surface area contributed by atoms with Crippen LogP contribution >= 0.6 is 11.6 Å². The molecule has 0 bridgehead atoms. The lowest BCUT2D eigenvalue weighted by atomic mass is 10.0. The fraction of sp³-hybridized carbons (Fsp3) is 0.308. The molecule has 1 aromatic heterocycles. The maximum Gasteiger partial charge on any atom is 0.134 e. The van der Waals surface area contributed by atoms with Crippen LogP contribution in [0, 0.1) is 13.8 Å². The van der Waals surface area contributed by atoms with Gasteiger partial charge in [-0.15, -0.1) is 0 Å². The SMILES string of the molecule is Cc1ccc(C)c(-c2nc(CCO)[nH]c2Cl)c1. The molecule has 0 fully saturated rings. The molecule has 1 heterocycles. The summed E-state index contributed by atoms with van der Waals surface area (Å²) in [6, 6.07) is 6.19. The van der Waals surface area contributed by atoms with Crippen LogP contribution in [0.2, 0.25) is 5.15 Å². The standard InChI is InChI=1S/C13H15ClN2O/c1-8-3-4-9(2)10(7-8)12-13(14)16-11(15-12)5-6-17/h3-4,7,17H,5-6H2,1-2H3,(H,15,16). The lowest BCUT2D eigenvalue weighted by Gasteiger charge is -2.04. The maximum atomic E-state index is 8.89. The van der Waals surface area contributed by atoms with Crippen molar-refractivity contribution in [1.82, 2.24) is 9.97 Å². The van der Waals surface area contributed by atoms with E-state index in [9.17, 15) is 0 Å². The van der Waals surface area contributed by atoms with E-state index in [1.807, 2.05) is 13.8 Å². The summed E-state index contributed by atoms with van der Waals surface area (Å²) >= 11 is 6.14. The molecule has 2 aromatic rings. The Labute approximate surface area is 105 Å². The van der Waals surface area contributed by atoms with Crippen LogP contribution in [-0.2, 0) is 6.42 Å². The number of benzene rings is 1. The average Bonchev–Trinajstić information content (AvgIpc) is 2.64. The first-order valence-electron chi connectivity index (χ1n) is 5.54. The Balaban J connectivity index is 2.48. The molecular weight excluding hydrogens is 236 g/mol. The van der Waals surface area contributed by atoms with Gasteiger partial charge >= 0.3 is 0 Å². The van der Waals surface area contributed by atoms with Crippen molar-refractivity contribution >= 4 is 11.6 Å². The zero-order valence-electron chi connectivity index (χ0n) is 9.92. The van der Waals surface area contributed by atoms with Crippen molar-refractivity contribution < 1.29 is 5.11 Å². The molecule has 0 saturated heterocycles. The molecule has 0 aliphatic rings. The van der Waals surface area contributed by atoms with E-state index in [-0.39, 0.29) is 6.61 Å². The summed E-state index contributed by atoms with van der Waals surface area (Å²) in [4.78, 5) is 7.41. The Morgan fingerprint density at radius 3 is 2.82 bits per heavy atom. The summed E-state index contributed by atoms with van der Waals surface area (Å²) in [6.45, 7) is 4.14. The Morgan fingerprint density at radius 1 is 1.35 bits per heavy atom. The van der Waals surface area contributed by atoms with Crippen LogP contribution in [0.5, 0.6) is 0 Å². The highest BCUT2D eigenvalue weighted by Gasteiger charge is 2.12. The highest BCUT2D eigenvalue weighted by atomic mass is 35.5. The van der Waals surface area contributed by atoms with Crippen molar-refractivity contribution in [2.75, 3.05) is 6.61 Å². The zero-order chi connectivity index (χ0) is 12.4. The largest absolute Gasteiger partial charge is 0.396 e. The van der Waals surface area contributed by atoms with Gasteiger partial charge in [-0.25, -0.2) is 4.98 Å². The molecule has 90 valence electrons. The molecule has 1 aromatic carbocycles. The number of hydrogen-bond donors (Lipinski definition) is 2. The van der Waals surface area contributed by atoms with Gasteiger partial charge in [0, 0.05) is 12.0 Å². The summed E-state index contributed by atoms with van der Waals surface area (Å²) in [7, 11) is 0. The van der Waals surface area contributed by atoms with E-state index in [2.05, 4.69) is 28.2 Å². The van der Waals surface area contributed by atoms with E-state index in [0.717, 1.165) is 16.8 Å². The molecule has 0 radical (unpaired) electrons. The van der Waals surface area contributed by atoms with E-state index in [4.69, 9.17) is 16.7 Å². The lowest BCUT2D eigenvalue weighted by Crippen LogP contribution is -1.92. The molecule has 2 N–H and O–H groups in total. The van der Waals surface area contributed by atoms with Crippen LogP contribution in [0.25, 0.3) is 11.3 Å². The second-order valence-corrected chi connectivity index (χ2v) is 4.52. The number of aliphatic hydroxyl groups excluding tert-OH is 1. The number of nitrogens with zero attached hydrogens (tertiary/aromatic N) is 1. The number of H-pyrrole nitrogens is 1. The lowest BCUT2D eigenvalue weighted by molar-refractivity contribution is 0.297. The maximum absolute atomic E-state index is 8.89. The van der Waals surface area contributed by atoms with Crippen LogP contribution in [0.1, 0.15) is 17.0 Å². The fourth-order valence-corrected chi connectivity index (χ4v) is 2.04. The molecule has 0 saturated carbocycles. The monoisotopic (exact) mass is 250 g/mol. The third kappa shape index (κ3) is 2.51. The molecule has 17 heavy (non-hydrogen) atoms. The van der Waals surface area contributed by atoms with E-state index in [1.165, 1.54) is 5.56 Å². The number of rotatable bonds is 3. The predicted molar refractivity (Wildman–Crippen MR) is 69.3 cm³/mol. The average molecular weight is 251 g/mol. The highest BCUT2D eigenvalue weighted by molar-refractivity contribution is 6.32. The molecule has 3 nitrogen and oxygen atoms in total. The first-order chi connectivity index (χ1) is 8.11. The van der Waals surface area contributed by atoms with E-state index < -0.39 is 0 Å². The molecule has 0 aliphatic carbocycles. The van der Waals surface area contributed by atoms with Crippen LogP contribution in [0.15, 0.2) is 18.2 Å². The van der Waals surface area contributed by atoms with Crippen LogP contribution in [0.4, 0.5) is 0 Å². The van der Waals surface area contributed by atoms with Gasteiger partial charge in [0.2, 0.25) is 0 Å². The number of aliphatic hydroxyl groups is 1. The van der Waals surface area contributed by atoms with Crippen molar-refractivity contribution in [1.29, 1.82) is 0 Å². The second kappa shape index (κ2) is 4.90. The molecule has 0 spiro atoms. The van der Waals surface area contributed by atoms with Crippen LogP contribution in [0.3, 0.4) is 0 Å². The van der Waals surface area contributed by atoms with Crippen molar-refractivity contribution in [2.45, 2.75) is 20.3 Å². The quantitative estimate of drug-likeness (QED) is 0.880. The first-order valence-corrected chi connectivity index (χ1v) is 5.92. The third-order valence-electron chi connectivity index (χ3n) is 2.71. The highest BCUT2D eigenvalue weighted by Crippen LogP contribution is 2.29. The number of imidazole rings is 1. The number of aromatic nitrogens is 2. The smallest absolute Gasteiger partial charge is 0.134 e. The Hall–Kier alpha value is -1.32. The number of halogens is 1. The van der Waals surface area contributed by atoms with Gasteiger partial charge in [0.05, 0.1) is 6.61 Å². The van der Waals surface area contributed by atoms with E-state index in [0.29, 0.717) is 17.4 Å². The molecule has 2 rings (SSSR count). The molecule has 4 heteroatoms. The van der Waals surface area contributed by atoms with Crippen molar-refractivity contribution in [3.8, 4) is 11.3 Å². The normalized spacial score (nSPS) is 10.8. The number of aromatic amines is 1. The summed E-state index contributed by atoms with van der Waals surface area (Å²) in [5.74, 6) is 0.716. The summed E-state index contributed by atoms with van der Waals surface area (Å²) in [5, 5.41) is 9.42. The number of aryl methyl sites for hydroxylation is 2. The zero-order valence-corrected chi connectivity index (χ0v) is 10.7. The minimum Gasteiger partial charge on any atom is -0.396 e.